The molecule has 3 aromatic rings. The Morgan fingerprint density at radius 3 is 2.71 bits per heavy atom. The second kappa shape index (κ2) is 6.28. The molecule has 0 bridgehead atoms. The van der Waals surface area contributed by atoms with E-state index in [0.29, 0.717) is 17.0 Å². The fourth-order valence-electron chi connectivity index (χ4n) is 1.92. The minimum absolute atomic E-state index is 0.320. The van der Waals surface area contributed by atoms with Gasteiger partial charge in [0.05, 0.1) is 0 Å². The van der Waals surface area contributed by atoms with E-state index in [9.17, 15) is 4.79 Å². The van der Waals surface area contributed by atoms with E-state index in [-0.39, 0.29) is 5.91 Å². The number of pyridine rings is 1. The molecule has 0 atom stereocenters. The molecule has 5 heteroatoms. The molecule has 0 radical (unpaired) electrons. The highest BCUT2D eigenvalue weighted by atomic mass is 32.1. The van der Waals surface area contributed by atoms with Crippen LogP contribution in [0.3, 0.4) is 0 Å². The molecular weight excluding hydrogens is 282 g/mol. The van der Waals surface area contributed by atoms with Crippen LogP contribution in [0.1, 0.15) is 16.1 Å². The Morgan fingerprint density at radius 2 is 1.95 bits per heavy atom. The highest BCUT2D eigenvalue weighted by Crippen LogP contribution is 2.02. The van der Waals surface area contributed by atoms with Crippen LogP contribution >= 0.6 is 11.3 Å². The van der Waals surface area contributed by atoms with Crippen LogP contribution in [0, 0.1) is 0 Å². The van der Waals surface area contributed by atoms with Crippen LogP contribution in [-0.2, 0) is 6.54 Å². The lowest BCUT2D eigenvalue weighted by molar-refractivity contribution is 0.0993. The van der Waals surface area contributed by atoms with Crippen LogP contribution in [0.15, 0.2) is 71.3 Å². The monoisotopic (exact) mass is 295 g/mol. The number of benzene rings is 1. The van der Waals surface area contributed by atoms with Gasteiger partial charge in [0.1, 0.15) is 5.69 Å². The van der Waals surface area contributed by atoms with Crippen LogP contribution in [0.25, 0.3) is 0 Å². The minimum Gasteiger partial charge on any atom is -0.319 e. The van der Waals surface area contributed by atoms with E-state index in [4.69, 9.17) is 0 Å². The third-order valence-corrected chi connectivity index (χ3v) is 3.73. The normalized spacial score (nSPS) is 11.5. The molecule has 0 fully saturated rings. The number of amides is 1. The lowest BCUT2D eigenvalue weighted by Gasteiger charge is -2.02. The van der Waals surface area contributed by atoms with Gasteiger partial charge in [0.25, 0.3) is 5.91 Å². The molecule has 104 valence electrons. The summed E-state index contributed by atoms with van der Waals surface area (Å²) < 4.78 is 1.96. The van der Waals surface area contributed by atoms with Crippen molar-refractivity contribution in [3.8, 4) is 0 Å². The van der Waals surface area contributed by atoms with Crippen molar-refractivity contribution in [3.63, 3.8) is 0 Å². The standard InChI is InChI=1S/C16H13N3OS/c20-15(14-8-4-5-9-17-14)18-16-19(10-11-21-16)12-13-6-2-1-3-7-13/h1-11H,12H2. The quantitative estimate of drug-likeness (QED) is 0.746. The summed E-state index contributed by atoms with van der Waals surface area (Å²) >= 11 is 1.44. The summed E-state index contributed by atoms with van der Waals surface area (Å²) in [6, 6.07) is 15.3. The minimum atomic E-state index is -0.320. The van der Waals surface area contributed by atoms with Crippen molar-refractivity contribution >= 4 is 17.2 Å². The summed E-state index contributed by atoms with van der Waals surface area (Å²) in [5.41, 5.74) is 1.53. The molecule has 2 heterocycles. The second-order valence-corrected chi connectivity index (χ2v) is 5.30. The van der Waals surface area contributed by atoms with Gasteiger partial charge in [-0.3, -0.25) is 9.78 Å². The summed E-state index contributed by atoms with van der Waals surface area (Å²) in [6.07, 6.45) is 3.53. The Morgan fingerprint density at radius 1 is 1.14 bits per heavy atom. The van der Waals surface area contributed by atoms with Gasteiger partial charge in [-0.05, 0) is 17.7 Å². The zero-order chi connectivity index (χ0) is 14.5. The molecule has 21 heavy (non-hydrogen) atoms. The molecule has 0 unspecified atom stereocenters. The average Bonchev–Trinajstić information content (AvgIpc) is 2.96. The van der Waals surface area contributed by atoms with E-state index in [1.165, 1.54) is 16.9 Å². The van der Waals surface area contributed by atoms with Crippen LogP contribution < -0.4 is 4.80 Å². The summed E-state index contributed by atoms with van der Waals surface area (Å²) in [5.74, 6) is -0.320. The lowest BCUT2D eigenvalue weighted by Crippen LogP contribution is -2.17. The summed E-state index contributed by atoms with van der Waals surface area (Å²) in [4.78, 5) is 20.9. The largest absolute Gasteiger partial charge is 0.319 e. The zero-order valence-electron chi connectivity index (χ0n) is 11.2. The van der Waals surface area contributed by atoms with E-state index in [2.05, 4.69) is 22.1 Å². The van der Waals surface area contributed by atoms with E-state index < -0.39 is 0 Å². The lowest BCUT2D eigenvalue weighted by atomic mass is 10.2. The van der Waals surface area contributed by atoms with E-state index in [1.807, 2.05) is 34.3 Å². The van der Waals surface area contributed by atoms with Gasteiger partial charge in [-0.25, -0.2) is 0 Å². The van der Waals surface area contributed by atoms with Gasteiger partial charge in [-0.1, -0.05) is 36.4 Å². The van der Waals surface area contributed by atoms with E-state index in [0.717, 1.165) is 0 Å². The molecule has 0 spiro atoms. The highest BCUT2D eigenvalue weighted by Gasteiger charge is 2.05. The summed E-state index contributed by atoms with van der Waals surface area (Å²) in [6.45, 7) is 0.693. The molecule has 0 saturated carbocycles. The van der Waals surface area contributed by atoms with Crippen LogP contribution in [0.5, 0.6) is 0 Å². The third-order valence-electron chi connectivity index (χ3n) is 2.94. The van der Waals surface area contributed by atoms with Crippen LogP contribution in [0.4, 0.5) is 0 Å². The number of nitrogens with zero attached hydrogens (tertiary/aromatic N) is 3. The number of thiazole rings is 1. The molecule has 0 aliphatic heterocycles. The number of aromatic nitrogens is 2. The number of hydrogen-bond donors (Lipinski definition) is 0. The first-order chi connectivity index (χ1) is 10.3. The summed E-state index contributed by atoms with van der Waals surface area (Å²) in [5, 5.41) is 1.92. The molecule has 3 rings (SSSR count). The maximum Gasteiger partial charge on any atom is 0.298 e. The number of carbonyl (C=O) groups excluding carboxylic acids is 1. The Balaban J connectivity index is 1.89. The number of carbonyl (C=O) groups is 1. The predicted octanol–water partition coefficient (Wildman–Crippen LogP) is 2.73. The van der Waals surface area contributed by atoms with Crippen LogP contribution in [0.2, 0.25) is 0 Å². The molecule has 0 saturated heterocycles. The first-order valence-electron chi connectivity index (χ1n) is 6.51. The molecule has 1 aromatic carbocycles. The van der Waals surface area contributed by atoms with Crippen molar-refractivity contribution in [2.45, 2.75) is 6.54 Å². The Kier molecular flexibility index (Phi) is 4.02. The van der Waals surface area contributed by atoms with Crippen molar-refractivity contribution < 1.29 is 4.79 Å². The second-order valence-electron chi connectivity index (χ2n) is 4.43. The van der Waals surface area contributed by atoms with Crippen molar-refractivity contribution in [3.05, 3.63) is 82.4 Å². The average molecular weight is 295 g/mol. The van der Waals surface area contributed by atoms with Crippen molar-refractivity contribution in [1.82, 2.24) is 9.55 Å². The maximum absolute atomic E-state index is 12.1. The van der Waals surface area contributed by atoms with Gasteiger partial charge in [-0.15, -0.1) is 11.3 Å². The smallest absolute Gasteiger partial charge is 0.298 e. The third kappa shape index (κ3) is 3.32. The first kappa shape index (κ1) is 13.5. The number of rotatable bonds is 3. The van der Waals surface area contributed by atoms with Crippen LogP contribution in [-0.4, -0.2) is 15.5 Å². The molecule has 2 aromatic heterocycles. The topological polar surface area (TPSA) is 47.2 Å². The van der Waals surface area contributed by atoms with Gasteiger partial charge in [-0.2, -0.15) is 4.99 Å². The van der Waals surface area contributed by atoms with E-state index >= 15 is 0 Å². The SMILES string of the molecule is O=C(N=c1sccn1Cc1ccccc1)c1ccccn1. The number of hydrogen-bond acceptors (Lipinski definition) is 3. The Hall–Kier alpha value is -2.53. The van der Waals surface area contributed by atoms with Crippen molar-refractivity contribution in [1.29, 1.82) is 0 Å². The fraction of sp³-hybridized carbons (Fsp3) is 0.0625. The van der Waals surface area contributed by atoms with Gasteiger partial charge in [0.2, 0.25) is 0 Å². The fourth-order valence-corrected chi connectivity index (χ4v) is 2.65. The van der Waals surface area contributed by atoms with Gasteiger partial charge in [0, 0.05) is 24.3 Å². The molecule has 0 N–H and O–H groups in total. The molecule has 0 aliphatic rings. The molecular formula is C16H13N3OS. The zero-order valence-corrected chi connectivity index (χ0v) is 12.0. The van der Waals surface area contributed by atoms with Crippen molar-refractivity contribution in [2.24, 2.45) is 4.99 Å². The highest BCUT2D eigenvalue weighted by molar-refractivity contribution is 7.07. The maximum atomic E-state index is 12.1. The first-order valence-corrected chi connectivity index (χ1v) is 7.39. The molecule has 1 amide bonds. The predicted molar refractivity (Wildman–Crippen MR) is 82.0 cm³/mol. The van der Waals surface area contributed by atoms with Crippen molar-refractivity contribution in [2.75, 3.05) is 0 Å². The van der Waals surface area contributed by atoms with Gasteiger partial charge in [0.15, 0.2) is 4.80 Å². The Bertz CT molecular complexity index is 791. The van der Waals surface area contributed by atoms with Gasteiger partial charge >= 0.3 is 0 Å². The van der Waals surface area contributed by atoms with Gasteiger partial charge < -0.3 is 4.57 Å². The molecule has 0 aliphatic carbocycles. The summed E-state index contributed by atoms with van der Waals surface area (Å²) in [7, 11) is 0. The van der Waals surface area contributed by atoms with E-state index in [1.54, 1.807) is 24.4 Å². The molecule has 4 nitrogen and oxygen atoms in total. The Labute approximate surface area is 126 Å².